The lowest BCUT2D eigenvalue weighted by molar-refractivity contribution is 0.0594. The quantitative estimate of drug-likeness (QED) is 0.798. The van der Waals surface area contributed by atoms with E-state index < -0.39 is 5.83 Å². The maximum absolute atomic E-state index is 14.0. The lowest BCUT2D eigenvalue weighted by atomic mass is 9.55. The van der Waals surface area contributed by atoms with Crippen molar-refractivity contribution >= 4 is 5.83 Å². The summed E-state index contributed by atoms with van der Waals surface area (Å²) >= 11 is 0. The Kier molecular flexibility index (Phi) is 3.35. The van der Waals surface area contributed by atoms with Crippen molar-refractivity contribution in [2.24, 2.45) is 17.3 Å². The van der Waals surface area contributed by atoms with Crippen LogP contribution >= 0.6 is 0 Å². The van der Waals surface area contributed by atoms with E-state index in [0.29, 0.717) is 23.3 Å². The van der Waals surface area contributed by atoms with Gasteiger partial charge in [-0.1, -0.05) is 13.5 Å². The topological polar surface area (TPSA) is 40.5 Å². The Balaban J connectivity index is 1.79. The molecule has 1 aromatic rings. The molecule has 0 saturated heterocycles. The molecule has 0 aliphatic heterocycles. The van der Waals surface area contributed by atoms with Crippen molar-refractivity contribution in [2.75, 3.05) is 0 Å². The van der Waals surface area contributed by atoms with Gasteiger partial charge in [-0.25, -0.2) is 4.39 Å². The van der Waals surface area contributed by atoms with Crippen molar-refractivity contribution in [3.8, 4) is 5.75 Å². The summed E-state index contributed by atoms with van der Waals surface area (Å²) in [5.74, 6) is 1.07. The lowest BCUT2D eigenvalue weighted by Gasteiger charge is -2.49. The highest BCUT2D eigenvalue weighted by atomic mass is 19.1. The molecule has 2 saturated carbocycles. The van der Waals surface area contributed by atoms with E-state index in [-0.39, 0.29) is 17.3 Å². The second-order valence-electron chi connectivity index (χ2n) is 8.17. The van der Waals surface area contributed by atoms with E-state index in [1.165, 1.54) is 6.07 Å². The normalized spacial score (nSPS) is 38.6. The first-order valence-corrected chi connectivity index (χ1v) is 8.77. The maximum atomic E-state index is 14.0. The highest BCUT2D eigenvalue weighted by Crippen LogP contribution is 2.61. The van der Waals surface area contributed by atoms with Crippen molar-refractivity contribution < 1.29 is 14.6 Å². The van der Waals surface area contributed by atoms with E-state index in [0.717, 1.165) is 49.7 Å². The molecule has 0 aromatic heterocycles. The van der Waals surface area contributed by atoms with Crippen LogP contribution in [0.1, 0.15) is 61.6 Å². The minimum atomic E-state index is -0.447. The largest absolute Gasteiger partial charge is 0.508 e. The van der Waals surface area contributed by atoms with Crippen LogP contribution in [0.5, 0.6) is 5.75 Å². The summed E-state index contributed by atoms with van der Waals surface area (Å²) in [7, 11) is 0. The van der Waals surface area contributed by atoms with E-state index >= 15 is 0 Å². The molecule has 3 aliphatic carbocycles. The number of phenols is 1. The van der Waals surface area contributed by atoms with Crippen LogP contribution in [0.15, 0.2) is 18.7 Å². The second kappa shape index (κ2) is 5.07. The second-order valence-corrected chi connectivity index (χ2v) is 8.17. The maximum Gasteiger partial charge on any atom is 0.123 e. The fourth-order valence-corrected chi connectivity index (χ4v) is 5.96. The zero-order valence-corrected chi connectivity index (χ0v) is 13.7. The first-order valence-electron chi connectivity index (χ1n) is 8.77. The van der Waals surface area contributed by atoms with Crippen LogP contribution in [-0.4, -0.2) is 16.3 Å². The molecular weight excluding hydrogens is 291 g/mol. The smallest absolute Gasteiger partial charge is 0.123 e. The Morgan fingerprint density at radius 3 is 2.87 bits per heavy atom. The number of aliphatic hydroxyl groups is 1. The summed E-state index contributed by atoms with van der Waals surface area (Å²) in [5.41, 5.74) is 2.90. The number of rotatable bonds is 1. The molecule has 5 atom stereocenters. The molecule has 0 spiro atoms. The van der Waals surface area contributed by atoms with E-state index in [1.54, 1.807) is 6.07 Å². The lowest BCUT2D eigenvalue weighted by Crippen LogP contribution is -2.39. The molecule has 0 unspecified atom stereocenters. The van der Waals surface area contributed by atoms with Crippen LogP contribution in [0.4, 0.5) is 4.39 Å². The van der Waals surface area contributed by atoms with Crippen LogP contribution < -0.4 is 0 Å². The van der Waals surface area contributed by atoms with Gasteiger partial charge in [-0.15, -0.1) is 0 Å². The predicted molar refractivity (Wildman–Crippen MR) is 88.9 cm³/mol. The van der Waals surface area contributed by atoms with Crippen LogP contribution in [0, 0.1) is 17.3 Å². The molecule has 0 amide bonds. The van der Waals surface area contributed by atoms with Gasteiger partial charge in [0.1, 0.15) is 11.6 Å². The first-order chi connectivity index (χ1) is 10.9. The van der Waals surface area contributed by atoms with Crippen LogP contribution in [-0.2, 0) is 6.42 Å². The molecule has 0 bridgehead atoms. The van der Waals surface area contributed by atoms with Crippen LogP contribution in [0.2, 0.25) is 0 Å². The minimum absolute atomic E-state index is 0.132. The van der Waals surface area contributed by atoms with Gasteiger partial charge in [0.25, 0.3) is 0 Å². The summed E-state index contributed by atoms with van der Waals surface area (Å²) in [6.45, 7) is 5.81. The first kappa shape index (κ1) is 15.2. The van der Waals surface area contributed by atoms with Gasteiger partial charge < -0.3 is 10.2 Å². The number of phenolic OH excluding ortho intramolecular Hbond substituents is 1. The average Bonchev–Trinajstić information content (AvgIpc) is 2.80. The van der Waals surface area contributed by atoms with Crippen LogP contribution in [0.3, 0.4) is 0 Å². The van der Waals surface area contributed by atoms with Gasteiger partial charge in [0.05, 0.1) is 6.10 Å². The summed E-state index contributed by atoms with van der Waals surface area (Å²) in [4.78, 5) is 0. The standard InChI is InChI=1S/C20H25FO2/c1-11(21)17-8-13(22)7-12-3-4-15-16(19(12)17)5-6-20(2)10-14(23)9-18(15)20/h7-8,14-16,18,22-23H,1,3-6,9-10H2,2H3/t14-,15-,16+,18+,20-/m1/s1. The van der Waals surface area contributed by atoms with E-state index in [1.807, 2.05) is 0 Å². The number of benzene rings is 1. The van der Waals surface area contributed by atoms with Gasteiger partial charge in [0, 0.05) is 5.56 Å². The van der Waals surface area contributed by atoms with E-state index in [9.17, 15) is 14.6 Å². The number of aryl methyl sites for hydroxylation is 1. The number of aliphatic hydroxyl groups excluding tert-OH is 1. The summed E-state index contributed by atoms with van der Waals surface area (Å²) in [5, 5.41) is 20.1. The van der Waals surface area contributed by atoms with Gasteiger partial charge in [-0.3, -0.25) is 0 Å². The third kappa shape index (κ3) is 2.24. The predicted octanol–water partition coefficient (Wildman–Crippen LogP) is 4.55. The molecule has 2 fully saturated rings. The number of hydrogen-bond donors (Lipinski definition) is 2. The number of hydrogen-bond acceptors (Lipinski definition) is 2. The summed E-state index contributed by atoms with van der Waals surface area (Å²) < 4.78 is 14.0. The molecule has 0 heterocycles. The molecule has 23 heavy (non-hydrogen) atoms. The van der Waals surface area contributed by atoms with Crippen molar-refractivity contribution in [2.45, 2.75) is 57.5 Å². The van der Waals surface area contributed by atoms with E-state index in [4.69, 9.17) is 0 Å². The summed E-state index contributed by atoms with van der Waals surface area (Å²) in [6.07, 6.45) is 5.71. The van der Waals surface area contributed by atoms with Crippen molar-refractivity contribution in [1.82, 2.24) is 0 Å². The fraction of sp³-hybridized carbons (Fsp3) is 0.600. The number of aromatic hydroxyl groups is 1. The number of halogens is 1. The van der Waals surface area contributed by atoms with Gasteiger partial charge in [0.15, 0.2) is 0 Å². The Hall–Kier alpha value is -1.35. The molecule has 1 aromatic carbocycles. The molecular formula is C20H25FO2. The molecule has 124 valence electrons. The zero-order chi connectivity index (χ0) is 16.4. The molecule has 3 aliphatic rings. The molecule has 2 N–H and O–H groups in total. The Bertz CT molecular complexity index is 668. The van der Waals surface area contributed by atoms with Crippen molar-refractivity contribution in [3.05, 3.63) is 35.4 Å². The zero-order valence-electron chi connectivity index (χ0n) is 13.7. The SMILES string of the molecule is C=C(F)c1cc(O)cc2c1[C@H]1CC[C@]3(C)C[C@H](O)C[C@H]3[C@@H]1CC2. The molecule has 3 heteroatoms. The minimum Gasteiger partial charge on any atom is -0.508 e. The van der Waals surface area contributed by atoms with Gasteiger partial charge in [-0.05, 0) is 85.0 Å². The average molecular weight is 316 g/mol. The molecule has 4 rings (SSSR count). The van der Waals surface area contributed by atoms with E-state index in [2.05, 4.69) is 13.5 Å². The highest BCUT2D eigenvalue weighted by Gasteiger charge is 2.53. The molecule has 0 radical (unpaired) electrons. The van der Waals surface area contributed by atoms with Gasteiger partial charge >= 0.3 is 0 Å². The summed E-state index contributed by atoms with van der Waals surface area (Å²) in [6, 6.07) is 3.33. The number of fused-ring (bicyclic) bond motifs is 5. The Morgan fingerprint density at radius 2 is 2.13 bits per heavy atom. The highest BCUT2D eigenvalue weighted by molar-refractivity contribution is 5.65. The van der Waals surface area contributed by atoms with Gasteiger partial charge in [-0.2, -0.15) is 0 Å². The van der Waals surface area contributed by atoms with Crippen molar-refractivity contribution in [1.29, 1.82) is 0 Å². The van der Waals surface area contributed by atoms with Gasteiger partial charge in [0.2, 0.25) is 0 Å². The third-order valence-electron chi connectivity index (χ3n) is 6.84. The monoisotopic (exact) mass is 316 g/mol. The Labute approximate surface area is 137 Å². The molecule has 2 nitrogen and oxygen atoms in total. The van der Waals surface area contributed by atoms with Crippen LogP contribution in [0.25, 0.3) is 5.83 Å². The third-order valence-corrected chi connectivity index (χ3v) is 6.84. The Morgan fingerprint density at radius 1 is 1.35 bits per heavy atom. The fourth-order valence-electron chi connectivity index (χ4n) is 5.96. The van der Waals surface area contributed by atoms with Crippen molar-refractivity contribution in [3.63, 3.8) is 0 Å².